The van der Waals surface area contributed by atoms with Crippen molar-refractivity contribution in [3.05, 3.63) is 35.4 Å². The normalized spacial score (nSPS) is 12.8. The molecule has 0 fully saturated rings. The molecule has 0 heterocycles. The van der Waals surface area contributed by atoms with Gasteiger partial charge in [-0.05, 0) is 12.1 Å². The lowest BCUT2D eigenvalue weighted by Gasteiger charge is -2.18. The third-order valence-corrected chi connectivity index (χ3v) is 2.19. The first-order chi connectivity index (χ1) is 8.01. The van der Waals surface area contributed by atoms with Gasteiger partial charge in [-0.3, -0.25) is 4.79 Å². The van der Waals surface area contributed by atoms with Crippen LogP contribution < -0.4 is 0 Å². The average Bonchev–Trinajstić information content (AvgIpc) is 2.29. The Balaban J connectivity index is 2.96. The van der Waals surface area contributed by atoms with Gasteiger partial charge in [-0.25, -0.2) is 8.78 Å². The minimum Gasteiger partial charge on any atom is -0.380 e. The standard InChI is InChI=1S/C11H12F2O4/c1-16-11(17-2)10(15)9(14)7-4-3-6(12)5-8(7)13/h3-5,10-11,15H,1-2H3/t10-/m0/s1. The first-order valence-corrected chi connectivity index (χ1v) is 4.74. The highest BCUT2D eigenvalue weighted by Gasteiger charge is 2.28. The van der Waals surface area contributed by atoms with Gasteiger partial charge in [-0.2, -0.15) is 0 Å². The van der Waals surface area contributed by atoms with E-state index in [-0.39, 0.29) is 0 Å². The number of benzene rings is 1. The van der Waals surface area contributed by atoms with Crippen molar-refractivity contribution in [2.75, 3.05) is 14.2 Å². The number of carbonyl (C=O) groups is 1. The second-order valence-corrected chi connectivity index (χ2v) is 3.27. The van der Waals surface area contributed by atoms with E-state index in [1.807, 2.05) is 0 Å². The molecular weight excluding hydrogens is 234 g/mol. The maximum Gasteiger partial charge on any atom is 0.199 e. The molecule has 4 nitrogen and oxygen atoms in total. The lowest BCUT2D eigenvalue weighted by atomic mass is 10.1. The van der Waals surface area contributed by atoms with E-state index in [9.17, 15) is 18.7 Å². The van der Waals surface area contributed by atoms with Crippen LogP contribution in [0.2, 0.25) is 0 Å². The second kappa shape index (κ2) is 5.81. The summed E-state index contributed by atoms with van der Waals surface area (Å²) in [5, 5.41) is 9.56. The van der Waals surface area contributed by atoms with E-state index >= 15 is 0 Å². The Morgan fingerprint density at radius 3 is 2.35 bits per heavy atom. The third kappa shape index (κ3) is 3.06. The smallest absolute Gasteiger partial charge is 0.199 e. The van der Waals surface area contributed by atoms with Crippen LogP contribution in [0.15, 0.2) is 18.2 Å². The van der Waals surface area contributed by atoms with Crippen LogP contribution in [0.4, 0.5) is 8.78 Å². The molecule has 0 radical (unpaired) electrons. The number of methoxy groups -OCH3 is 2. The summed E-state index contributed by atoms with van der Waals surface area (Å²) >= 11 is 0. The van der Waals surface area contributed by atoms with E-state index in [0.29, 0.717) is 6.07 Å². The Kier molecular flexibility index (Phi) is 4.68. The Bertz CT molecular complexity index is 404. The largest absolute Gasteiger partial charge is 0.380 e. The van der Waals surface area contributed by atoms with E-state index in [1.54, 1.807) is 0 Å². The first kappa shape index (κ1) is 13.7. The van der Waals surface area contributed by atoms with Crippen molar-refractivity contribution in [1.29, 1.82) is 0 Å². The van der Waals surface area contributed by atoms with E-state index in [2.05, 4.69) is 9.47 Å². The van der Waals surface area contributed by atoms with Crippen molar-refractivity contribution in [3.63, 3.8) is 0 Å². The quantitative estimate of drug-likeness (QED) is 0.625. The Hall–Kier alpha value is -1.37. The molecule has 0 aliphatic rings. The highest BCUT2D eigenvalue weighted by Crippen LogP contribution is 2.14. The van der Waals surface area contributed by atoms with E-state index in [4.69, 9.17) is 0 Å². The van der Waals surface area contributed by atoms with E-state index in [0.717, 1.165) is 12.1 Å². The van der Waals surface area contributed by atoms with Crippen LogP contribution in [0.25, 0.3) is 0 Å². The number of hydrogen-bond donors (Lipinski definition) is 1. The predicted molar refractivity (Wildman–Crippen MR) is 54.5 cm³/mol. The summed E-state index contributed by atoms with van der Waals surface area (Å²) in [6.45, 7) is 0. The zero-order valence-corrected chi connectivity index (χ0v) is 9.31. The molecule has 0 amide bonds. The van der Waals surface area contributed by atoms with Gasteiger partial charge in [0, 0.05) is 20.3 Å². The van der Waals surface area contributed by atoms with Crippen LogP contribution in [0.5, 0.6) is 0 Å². The second-order valence-electron chi connectivity index (χ2n) is 3.27. The molecule has 0 unspecified atom stereocenters. The summed E-state index contributed by atoms with van der Waals surface area (Å²) < 4.78 is 35.3. The predicted octanol–water partition coefficient (Wildman–Crippen LogP) is 1.13. The van der Waals surface area contributed by atoms with Crippen molar-refractivity contribution in [2.45, 2.75) is 12.4 Å². The number of ether oxygens (including phenoxy) is 2. The molecule has 0 saturated carbocycles. The lowest BCUT2D eigenvalue weighted by Crippen LogP contribution is -2.37. The summed E-state index contributed by atoms with van der Waals surface area (Å²) in [5.41, 5.74) is -0.419. The molecule has 1 aromatic rings. The van der Waals surface area contributed by atoms with Crippen molar-refractivity contribution in [2.24, 2.45) is 0 Å². The molecule has 0 spiro atoms. The van der Waals surface area contributed by atoms with Gasteiger partial charge in [0.15, 0.2) is 18.2 Å². The van der Waals surface area contributed by atoms with Crippen LogP contribution in [-0.4, -0.2) is 37.5 Å². The fourth-order valence-corrected chi connectivity index (χ4v) is 1.33. The number of carbonyl (C=O) groups excluding carboxylic acids is 1. The van der Waals surface area contributed by atoms with Crippen molar-refractivity contribution in [3.8, 4) is 0 Å². The molecule has 0 bridgehead atoms. The summed E-state index contributed by atoms with van der Waals surface area (Å²) in [4.78, 5) is 11.7. The van der Waals surface area contributed by atoms with Gasteiger partial charge in [-0.15, -0.1) is 0 Å². The molecule has 0 aliphatic heterocycles. The minimum atomic E-state index is -1.68. The lowest BCUT2D eigenvalue weighted by molar-refractivity contribution is -0.150. The average molecular weight is 246 g/mol. The van der Waals surface area contributed by atoms with Gasteiger partial charge in [-0.1, -0.05) is 0 Å². The zero-order chi connectivity index (χ0) is 13.0. The topological polar surface area (TPSA) is 55.8 Å². The maximum atomic E-state index is 13.3. The maximum absolute atomic E-state index is 13.3. The van der Waals surface area contributed by atoms with E-state index < -0.39 is 35.4 Å². The SMILES string of the molecule is COC(OC)[C@@H](O)C(=O)c1ccc(F)cc1F. The fourth-order valence-electron chi connectivity index (χ4n) is 1.33. The van der Waals surface area contributed by atoms with Gasteiger partial charge >= 0.3 is 0 Å². The molecular formula is C11H12F2O4. The molecule has 1 atom stereocenters. The molecule has 1 N–H and O–H groups in total. The Morgan fingerprint density at radius 2 is 1.88 bits per heavy atom. The highest BCUT2D eigenvalue weighted by atomic mass is 19.1. The summed E-state index contributed by atoms with van der Waals surface area (Å²) in [5.74, 6) is -2.78. The first-order valence-electron chi connectivity index (χ1n) is 4.74. The number of aliphatic hydroxyl groups is 1. The van der Waals surface area contributed by atoms with Crippen LogP contribution in [0.3, 0.4) is 0 Å². The van der Waals surface area contributed by atoms with Crippen molar-refractivity contribution < 1.29 is 28.2 Å². The van der Waals surface area contributed by atoms with Gasteiger partial charge in [0.05, 0.1) is 5.56 Å². The summed E-state index contributed by atoms with van der Waals surface area (Å²) in [7, 11) is 2.46. The number of halogens is 2. The monoisotopic (exact) mass is 246 g/mol. The third-order valence-electron chi connectivity index (χ3n) is 2.19. The molecule has 0 saturated heterocycles. The number of hydrogen-bond acceptors (Lipinski definition) is 4. The molecule has 1 aromatic carbocycles. The molecule has 0 aromatic heterocycles. The van der Waals surface area contributed by atoms with Gasteiger partial charge < -0.3 is 14.6 Å². The number of Topliss-reactive ketones (excluding diaryl/α,β-unsaturated/α-hetero) is 1. The molecule has 94 valence electrons. The highest BCUT2D eigenvalue weighted by molar-refractivity contribution is 5.99. The summed E-state index contributed by atoms with van der Waals surface area (Å²) in [6.07, 6.45) is -2.88. The summed E-state index contributed by atoms with van der Waals surface area (Å²) in [6, 6.07) is 2.45. The van der Waals surface area contributed by atoms with Crippen molar-refractivity contribution >= 4 is 5.78 Å². The van der Waals surface area contributed by atoms with Crippen LogP contribution >= 0.6 is 0 Å². The Morgan fingerprint density at radius 1 is 1.29 bits per heavy atom. The van der Waals surface area contributed by atoms with Gasteiger partial charge in [0.25, 0.3) is 0 Å². The molecule has 17 heavy (non-hydrogen) atoms. The zero-order valence-electron chi connectivity index (χ0n) is 9.31. The van der Waals surface area contributed by atoms with Crippen LogP contribution in [0, 0.1) is 11.6 Å². The number of rotatable bonds is 5. The minimum absolute atomic E-state index is 0.419. The number of aliphatic hydroxyl groups excluding tert-OH is 1. The molecule has 0 aliphatic carbocycles. The van der Waals surface area contributed by atoms with Crippen molar-refractivity contribution in [1.82, 2.24) is 0 Å². The molecule has 6 heteroatoms. The van der Waals surface area contributed by atoms with Crippen LogP contribution in [0.1, 0.15) is 10.4 Å². The van der Waals surface area contributed by atoms with Gasteiger partial charge in [0.1, 0.15) is 11.6 Å². The molecule has 1 rings (SSSR count). The van der Waals surface area contributed by atoms with Crippen LogP contribution in [-0.2, 0) is 9.47 Å². The van der Waals surface area contributed by atoms with Gasteiger partial charge in [0.2, 0.25) is 0 Å². The number of ketones is 1. The van der Waals surface area contributed by atoms with E-state index in [1.165, 1.54) is 14.2 Å². The Labute approximate surface area is 96.8 Å². The fraction of sp³-hybridized carbons (Fsp3) is 0.364.